The van der Waals surface area contributed by atoms with Gasteiger partial charge in [-0.05, 0) is 132 Å². The van der Waals surface area contributed by atoms with Crippen molar-refractivity contribution in [3.8, 4) is 68.4 Å². The van der Waals surface area contributed by atoms with Crippen LogP contribution in [0.5, 0.6) is 11.6 Å². The van der Waals surface area contributed by atoms with E-state index < -0.39 is 5.91 Å². The first kappa shape index (κ1) is 98.5. The van der Waals surface area contributed by atoms with Gasteiger partial charge >= 0.3 is 0 Å². The minimum atomic E-state index is -0.419. The van der Waals surface area contributed by atoms with Crippen molar-refractivity contribution in [1.82, 2.24) is 115 Å². The minimum Gasteiger partial charge on any atom is -0.439 e. The molecule has 0 saturated heterocycles. The summed E-state index contributed by atoms with van der Waals surface area (Å²) in [7, 11) is 6.52. The van der Waals surface area contributed by atoms with E-state index in [1.54, 1.807) is 176 Å². The van der Waals surface area contributed by atoms with Crippen LogP contribution in [0.2, 0.25) is 0 Å². The van der Waals surface area contributed by atoms with Crippen molar-refractivity contribution >= 4 is 74.0 Å². The summed E-state index contributed by atoms with van der Waals surface area (Å²) < 4.78 is 54.8. The molecule has 141 heavy (non-hydrogen) atoms. The monoisotopic (exact) mass is 1900 g/mol. The molecule has 41 nitrogen and oxygen atoms in total. The number of carbonyl (C=O) groups excluding carboxylic acids is 4. The number of hydrogen-bond acceptors (Lipinski definition) is 30. The van der Waals surface area contributed by atoms with Gasteiger partial charge in [0.25, 0.3) is 23.6 Å². The summed E-state index contributed by atoms with van der Waals surface area (Å²) in [5.74, 6) is -0.368. The molecule has 2 aromatic carbocycles. The van der Waals surface area contributed by atoms with Crippen LogP contribution in [-0.2, 0) is 76.9 Å². The molecule has 0 aliphatic carbocycles. The quantitative estimate of drug-likeness (QED) is 0.0165. The second kappa shape index (κ2) is 51.2. The molecule has 0 fully saturated rings. The Morgan fingerprint density at radius 3 is 1.08 bits per heavy atom. The highest BCUT2D eigenvalue weighted by Gasteiger charge is 2.24. The number of ether oxygens (including phenoxy) is 9. The molecule has 0 aliphatic rings. The van der Waals surface area contributed by atoms with E-state index in [1.807, 2.05) is 127 Å². The molecule has 0 radical (unpaired) electrons. The fourth-order valence-corrected chi connectivity index (χ4v) is 14.0. The molecule has 41 heteroatoms. The summed E-state index contributed by atoms with van der Waals surface area (Å²) in [6.07, 6.45) is 23.5. The van der Waals surface area contributed by atoms with Crippen molar-refractivity contribution in [2.45, 2.75) is 39.0 Å². The largest absolute Gasteiger partial charge is 0.439 e. The Hall–Kier alpha value is -17.1. The smallest absolute Gasteiger partial charge is 0.274 e. The number of pyridine rings is 9. The van der Waals surface area contributed by atoms with Crippen LogP contribution in [0, 0.1) is 0 Å². The van der Waals surface area contributed by atoms with Crippen molar-refractivity contribution < 1.29 is 61.8 Å². The molecule has 0 spiro atoms. The molecule has 16 heterocycles. The van der Waals surface area contributed by atoms with Gasteiger partial charge < -0.3 is 69.6 Å². The van der Waals surface area contributed by atoms with E-state index in [0.717, 1.165) is 49.9 Å². The first-order valence-corrected chi connectivity index (χ1v) is 44.8. The second-order valence-electron chi connectivity index (χ2n) is 31.0. The van der Waals surface area contributed by atoms with Gasteiger partial charge in [-0.15, -0.1) is 0 Å². The number of aromatic amines is 3. The fraction of sp³-hybridized carbons (Fsp3) is 0.220. The van der Waals surface area contributed by atoms with Gasteiger partial charge in [-0.1, -0.05) is 60.7 Å². The zero-order chi connectivity index (χ0) is 97.5. The van der Waals surface area contributed by atoms with Crippen LogP contribution in [0.1, 0.15) is 64.5 Å². The topological polar surface area (TPSA) is 499 Å². The van der Waals surface area contributed by atoms with E-state index in [1.165, 1.54) is 6.20 Å². The lowest BCUT2D eigenvalue weighted by molar-refractivity contribution is 0.0654. The summed E-state index contributed by atoms with van der Waals surface area (Å²) in [5.41, 5.74) is 21.0. The predicted molar refractivity (Wildman–Crippen MR) is 525 cm³/mol. The molecule has 0 atom stereocenters. The number of anilines is 5. The highest BCUT2D eigenvalue weighted by Crippen LogP contribution is 2.32. The van der Waals surface area contributed by atoms with Crippen LogP contribution in [0.4, 0.5) is 28.6 Å². The maximum Gasteiger partial charge on any atom is 0.274 e. The van der Waals surface area contributed by atoms with Gasteiger partial charge in [0.1, 0.15) is 57.1 Å². The highest BCUT2D eigenvalue weighted by molar-refractivity contribution is 6.07. The number of benzene rings is 2. The Morgan fingerprint density at radius 1 is 0.348 bits per heavy atom. The Balaban J connectivity index is 0.000000142. The Kier molecular flexibility index (Phi) is 35.8. The van der Waals surface area contributed by atoms with Gasteiger partial charge in [-0.25, -0.2) is 24.9 Å². The van der Waals surface area contributed by atoms with Gasteiger partial charge in [0.2, 0.25) is 5.88 Å². The van der Waals surface area contributed by atoms with Crippen LogP contribution < -0.4 is 31.7 Å². The van der Waals surface area contributed by atoms with Gasteiger partial charge in [0.15, 0.2) is 0 Å². The number of nitrogen functional groups attached to an aromatic ring is 1. The summed E-state index contributed by atoms with van der Waals surface area (Å²) in [6.45, 7) is 8.03. The summed E-state index contributed by atoms with van der Waals surface area (Å²) in [5, 5.41) is 53.0. The van der Waals surface area contributed by atoms with Gasteiger partial charge in [-0.2, -0.15) is 35.7 Å². The van der Waals surface area contributed by atoms with E-state index >= 15 is 0 Å². The number of aromatic nitrogens is 23. The molecule has 0 bridgehead atoms. The number of rotatable bonds is 43. The Bertz CT molecular complexity index is 6800. The van der Waals surface area contributed by atoms with Crippen LogP contribution in [-0.4, -0.2) is 246 Å². The number of amides is 4. The standard InChI is InChI=1S/2C27H27N7O3.C24H25N7O4.C22H23N7O3/c2*1-36-13-14-37-12-11-34-18-25(26(33-34)23-6-2-3-10-28-23)31-27(35)24-7-4-5-21(30-24)16-19-8-9-22-20(15-19)17-29-32-22;1-33-13-14-34-12-11-31-16-20(23(30-31)18-5-2-3-9-26-18)29-24(32)19-6-4-7-22(28-19)35-17-8-10-27-21(25)15-17;1-31-11-12-32-10-9-29-15-20(21(28-29)18-5-2-3-8-23-18)27-22(30)19-7-4-6-17(26-19)16-13-24-25-14-16/h2*2-10,15,17-18H,11-14,16H2,1H3,(H,29,32)(H,31,35);2-10,15-16H,11-14H2,1H3,(H2,25,27)(H,29,32);2-8,13-15H,9-12H2,1H3,(H,24,25)(H,27,30). The molecule has 18 rings (SSSR count). The molecule has 0 saturated carbocycles. The number of fused-ring (bicyclic) bond motifs is 2. The van der Waals surface area contributed by atoms with Crippen molar-refractivity contribution in [2.75, 3.05) is 135 Å². The number of nitrogens with one attached hydrogen (secondary N) is 7. The maximum atomic E-state index is 13.2. The summed E-state index contributed by atoms with van der Waals surface area (Å²) >= 11 is 0. The molecule has 16 aromatic heterocycles. The summed E-state index contributed by atoms with van der Waals surface area (Å²) in [4.78, 5) is 91.9. The molecule has 9 N–H and O–H groups in total. The third-order valence-electron chi connectivity index (χ3n) is 20.8. The SMILES string of the molecule is COCCOCCn1cc(NC(=O)c2cccc(-c3cn[nH]c3)n2)c(-c2ccccn2)n1.COCCOCCn1cc(NC(=O)c2cccc(Cc3ccc4[nH]ncc4c3)n2)c(-c2ccccn2)n1.COCCOCCn1cc(NC(=O)c2cccc(Cc3ccc4[nH]ncc4c3)n2)c(-c2ccccn2)n1.COCCOCCn1cc(NC(=O)c2cccc(Oc3ccnc(N)c3)n2)c(-c2ccccn2)n1. The average Bonchev–Trinajstić information content (AvgIpc) is 1.71. The van der Waals surface area contributed by atoms with E-state index in [4.69, 9.17) is 48.4 Å². The molecular weight excluding hydrogens is 1800 g/mol. The number of methoxy groups -OCH3 is 4. The first-order valence-electron chi connectivity index (χ1n) is 44.8. The van der Waals surface area contributed by atoms with E-state index in [9.17, 15) is 19.2 Å². The van der Waals surface area contributed by atoms with Crippen LogP contribution in [0.3, 0.4) is 0 Å². The minimum absolute atomic E-state index is 0.173. The van der Waals surface area contributed by atoms with E-state index in [-0.39, 0.29) is 35.0 Å². The van der Waals surface area contributed by atoms with Crippen molar-refractivity contribution in [1.29, 1.82) is 0 Å². The maximum absolute atomic E-state index is 13.2. The zero-order valence-corrected chi connectivity index (χ0v) is 77.5. The Labute approximate surface area is 808 Å². The van der Waals surface area contributed by atoms with Gasteiger partial charge in [0.05, 0.1) is 186 Å². The second-order valence-corrected chi connectivity index (χ2v) is 31.0. The predicted octanol–water partition coefficient (Wildman–Crippen LogP) is 13.1. The van der Waals surface area contributed by atoms with Crippen molar-refractivity contribution in [3.63, 3.8) is 0 Å². The van der Waals surface area contributed by atoms with E-state index in [0.29, 0.717) is 215 Å². The molecule has 4 amide bonds. The third kappa shape index (κ3) is 28.8. The lowest BCUT2D eigenvalue weighted by Crippen LogP contribution is -2.15. The molecular formula is C100H102N28O13. The molecule has 18 aromatic rings. The average molecular weight is 1900 g/mol. The number of nitrogens with zero attached hydrogens (tertiary/aromatic N) is 20. The van der Waals surface area contributed by atoms with Gasteiger partial charge in [-0.3, -0.25) is 73.1 Å². The lowest BCUT2D eigenvalue weighted by Gasteiger charge is -2.08. The van der Waals surface area contributed by atoms with Crippen LogP contribution in [0.15, 0.2) is 275 Å². The molecule has 0 unspecified atom stereocenters. The number of H-pyrrole nitrogens is 3. The van der Waals surface area contributed by atoms with Crippen LogP contribution >= 0.6 is 0 Å². The molecule has 720 valence electrons. The van der Waals surface area contributed by atoms with Crippen LogP contribution in [0.25, 0.3) is 78.6 Å². The van der Waals surface area contributed by atoms with Gasteiger partial charge in [0, 0.05) is 143 Å². The first-order chi connectivity index (χ1) is 69.2. The third-order valence-corrected chi connectivity index (χ3v) is 20.8. The fourth-order valence-electron chi connectivity index (χ4n) is 14.0. The zero-order valence-electron chi connectivity index (χ0n) is 77.5. The van der Waals surface area contributed by atoms with Crippen molar-refractivity contribution in [2.24, 2.45) is 0 Å². The normalized spacial score (nSPS) is 11.0. The number of hydrogen-bond donors (Lipinski definition) is 8. The Morgan fingerprint density at radius 2 is 0.716 bits per heavy atom. The summed E-state index contributed by atoms with van der Waals surface area (Å²) in [6, 6.07) is 58.7. The number of carbonyl (C=O) groups is 4. The molecule has 0 aliphatic heterocycles. The highest BCUT2D eigenvalue weighted by atomic mass is 16.5. The van der Waals surface area contributed by atoms with E-state index in [2.05, 4.69) is 129 Å². The number of nitrogens with two attached hydrogens (primary N) is 1. The lowest BCUT2D eigenvalue weighted by atomic mass is 10.1. The van der Waals surface area contributed by atoms with Crippen molar-refractivity contribution in [3.05, 3.63) is 320 Å².